The summed E-state index contributed by atoms with van der Waals surface area (Å²) in [7, 11) is -1.46. The van der Waals surface area contributed by atoms with E-state index in [1.165, 1.54) is 6.26 Å². The summed E-state index contributed by atoms with van der Waals surface area (Å²) in [5.74, 6) is 1.47. The van der Waals surface area contributed by atoms with Gasteiger partial charge in [0, 0.05) is 19.7 Å². The highest BCUT2D eigenvalue weighted by Gasteiger charge is 2.19. The van der Waals surface area contributed by atoms with Crippen molar-refractivity contribution in [3.8, 4) is 11.5 Å². The van der Waals surface area contributed by atoms with Crippen LogP contribution in [0, 0.1) is 0 Å². The van der Waals surface area contributed by atoms with Gasteiger partial charge < -0.3 is 14.4 Å². The zero-order valence-corrected chi connectivity index (χ0v) is 16.5. The molecule has 0 saturated heterocycles. The highest BCUT2D eigenvalue weighted by Crippen LogP contribution is 2.33. The van der Waals surface area contributed by atoms with Crippen LogP contribution in [-0.4, -0.2) is 39.3 Å². The largest absolute Gasteiger partial charge is 0.454 e. The van der Waals surface area contributed by atoms with Crippen LogP contribution in [0.5, 0.6) is 11.5 Å². The normalized spacial score (nSPS) is 14.0. The van der Waals surface area contributed by atoms with Crippen molar-refractivity contribution in [2.45, 2.75) is 30.7 Å². The van der Waals surface area contributed by atoms with Crippen LogP contribution in [0.2, 0.25) is 0 Å². The van der Waals surface area contributed by atoms with Crippen LogP contribution in [0.25, 0.3) is 0 Å². The van der Waals surface area contributed by atoms with Crippen molar-refractivity contribution < 1.29 is 22.7 Å². The standard InChI is InChI=1S/C20H23NO5S/c1-14(16-6-8-17(9-7-16)27(3,23)24)21(2)20(22)11-5-15-4-10-18-19(12-15)26-13-25-18/h4,6-10,12,14H,5,11,13H2,1-3H3/t14-/m1/s1. The van der Waals surface area contributed by atoms with E-state index in [-0.39, 0.29) is 23.6 Å². The maximum atomic E-state index is 12.6. The van der Waals surface area contributed by atoms with E-state index in [0.29, 0.717) is 18.6 Å². The minimum absolute atomic E-state index is 0.0207. The van der Waals surface area contributed by atoms with Crippen LogP contribution in [0.15, 0.2) is 47.4 Å². The number of hydrogen-bond acceptors (Lipinski definition) is 5. The second-order valence-electron chi connectivity index (χ2n) is 6.71. The van der Waals surface area contributed by atoms with Crippen molar-refractivity contribution in [2.75, 3.05) is 20.1 Å². The van der Waals surface area contributed by atoms with Gasteiger partial charge in [0.25, 0.3) is 0 Å². The second kappa shape index (κ2) is 7.60. The molecule has 1 aliphatic heterocycles. The number of amides is 1. The molecule has 0 N–H and O–H groups in total. The number of ether oxygens (including phenoxy) is 2. The van der Waals surface area contributed by atoms with Gasteiger partial charge in [0.15, 0.2) is 21.3 Å². The average Bonchev–Trinajstić information content (AvgIpc) is 3.12. The van der Waals surface area contributed by atoms with Crippen molar-refractivity contribution in [1.82, 2.24) is 4.90 Å². The highest BCUT2D eigenvalue weighted by molar-refractivity contribution is 7.90. The number of aryl methyl sites for hydroxylation is 1. The van der Waals surface area contributed by atoms with Crippen molar-refractivity contribution in [2.24, 2.45) is 0 Å². The fraction of sp³-hybridized carbons (Fsp3) is 0.350. The lowest BCUT2D eigenvalue weighted by Gasteiger charge is -2.25. The summed E-state index contributed by atoms with van der Waals surface area (Å²) in [5, 5.41) is 0. The Hall–Kier alpha value is -2.54. The van der Waals surface area contributed by atoms with Gasteiger partial charge in [-0.1, -0.05) is 18.2 Å². The molecule has 3 rings (SSSR count). The Balaban J connectivity index is 1.61. The molecule has 1 atom stereocenters. The molecule has 1 aliphatic rings. The fourth-order valence-electron chi connectivity index (χ4n) is 2.96. The maximum absolute atomic E-state index is 12.6. The Bertz CT molecular complexity index is 937. The Morgan fingerprint density at radius 2 is 1.78 bits per heavy atom. The van der Waals surface area contributed by atoms with Gasteiger partial charge in [-0.05, 0) is 48.7 Å². The van der Waals surface area contributed by atoms with Gasteiger partial charge >= 0.3 is 0 Å². The van der Waals surface area contributed by atoms with Crippen molar-refractivity contribution in [3.05, 3.63) is 53.6 Å². The predicted octanol–water partition coefficient (Wildman–Crippen LogP) is 2.97. The average molecular weight is 389 g/mol. The zero-order chi connectivity index (χ0) is 19.6. The molecule has 144 valence electrons. The van der Waals surface area contributed by atoms with Crippen LogP contribution in [0.4, 0.5) is 0 Å². The second-order valence-corrected chi connectivity index (χ2v) is 8.73. The van der Waals surface area contributed by atoms with Crippen LogP contribution in [-0.2, 0) is 21.1 Å². The van der Waals surface area contributed by atoms with Gasteiger partial charge in [-0.2, -0.15) is 0 Å². The van der Waals surface area contributed by atoms with Gasteiger partial charge in [-0.3, -0.25) is 4.79 Å². The SMILES string of the molecule is C[C@H](c1ccc(S(C)(=O)=O)cc1)N(C)C(=O)CCc1ccc2c(c1)OCO2. The Morgan fingerprint density at radius 3 is 2.44 bits per heavy atom. The van der Waals surface area contributed by atoms with E-state index >= 15 is 0 Å². The van der Waals surface area contributed by atoms with Crippen molar-refractivity contribution in [1.29, 1.82) is 0 Å². The minimum atomic E-state index is -3.23. The molecule has 0 unspecified atom stereocenters. The van der Waals surface area contributed by atoms with Crippen LogP contribution in [0.3, 0.4) is 0 Å². The summed E-state index contributed by atoms with van der Waals surface area (Å²) in [6, 6.07) is 12.2. The number of fused-ring (bicyclic) bond motifs is 1. The fourth-order valence-corrected chi connectivity index (χ4v) is 3.59. The Morgan fingerprint density at radius 1 is 1.11 bits per heavy atom. The lowest BCUT2D eigenvalue weighted by molar-refractivity contribution is -0.131. The molecule has 2 aromatic carbocycles. The first-order valence-electron chi connectivity index (χ1n) is 8.70. The summed E-state index contributed by atoms with van der Waals surface area (Å²) in [5.41, 5.74) is 1.91. The van der Waals surface area contributed by atoms with Crippen molar-refractivity contribution in [3.63, 3.8) is 0 Å². The molecular weight excluding hydrogens is 366 g/mol. The van der Waals surface area contributed by atoms with Crippen LogP contribution >= 0.6 is 0 Å². The van der Waals surface area contributed by atoms with E-state index in [1.54, 1.807) is 36.2 Å². The van der Waals surface area contributed by atoms with Crippen LogP contribution in [0.1, 0.15) is 30.5 Å². The molecule has 0 radical (unpaired) electrons. The molecular formula is C20H23NO5S. The van der Waals surface area contributed by atoms with Gasteiger partial charge in [-0.25, -0.2) is 8.42 Å². The molecule has 0 spiro atoms. The van der Waals surface area contributed by atoms with Gasteiger partial charge in [0.1, 0.15) is 0 Å². The van der Waals surface area contributed by atoms with E-state index in [1.807, 2.05) is 25.1 Å². The minimum Gasteiger partial charge on any atom is -0.454 e. The molecule has 1 amide bonds. The summed E-state index contributed by atoms with van der Waals surface area (Å²) in [4.78, 5) is 14.5. The molecule has 7 heteroatoms. The molecule has 6 nitrogen and oxygen atoms in total. The van der Waals surface area contributed by atoms with E-state index < -0.39 is 9.84 Å². The number of nitrogens with zero attached hydrogens (tertiary/aromatic N) is 1. The first kappa shape index (κ1) is 19.2. The maximum Gasteiger partial charge on any atom is 0.231 e. The van der Waals surface area contributed by atoms with Gasteiger partial charge in [0.2, 0.25) is 12.7 Å². The molecule has 2 aromatic rings. The predicted molar refractivity (Wildman–Crippen MR) is 102 cm³/mol. The number of rotatable bonds is 6. The van der Waals surface area contributed by atoms with Crippen LogP contribution < -0.4 is 9.47 Å². The number of carbonyl (C=O) groups is 1. The first-order valence-corrected chi connectivity index (χ1v) is 10.6. The number of hydrogen-bond donors (Lipinski definition) is 0. The summed E-state index contributed by atoms with van der Waals surface area (Å²) in [6.45, 7) is 2.16. The molecule has 1 heterocycles. The number of benzene rings is 2. The third kappa shape index (κ3) is 4.42. The topological polar surface area (TPSA) is 72.9 Å². The third-order valence-electron chi connectivity index (χ3n) is 4.83. The lowest BCUT2D eigenvalue weighted by atomic mass is 10.1. The van der Waals surface area contributed by atoms with Gasteiger partial charge in [-0.15, -0.1) is 0 Å². The third-order valence-corrected chi connectivity index (χ3v) is 5.96. The summed E-state index contributed by atoms with van der Waals surface area (Å²) in [6.07, 6.45) is 2.17. The summed E-state index contributed by atoms with van der Waals surface area (Å²) < 4.78 is 33.8. The van der Waals surface area contributed by atoms with E-state index in [9.17, 15) is 13.2 Å². The first-order chi connectivity index (χ1) is 12.8. The number of carbonyl (C=O) groups excluding carboxylic acids is 1. The number of sulfone groups is 1. The highest BCUT2D eigenvalue weighted by atomic mass is 32.2. The Kier molecular flexibility index (Phi) is 5.41. The smallest absolute Gasteiger partial charge is 0.231 e. The van der Waals surface area contributed by atoms with E-state index in [4.69, 9.17) is 9.47 Å². The molecule has 0 aromatic heterocycles. The van der Waals surface area contributed by atoms with E-state index in [0.717, 1.165) is 16.9 Å². The molecule has 0 aliphatic carbocycles. The molecule has 27 heavy (non-hydrogen) atoms. The van der Waals surface area contributed by atoms with Crippen molar-refractivity contribution >= 4 is 15.7 Å². The monoisotopic (exact) mass is 389 g/mol. The lowest BCUT2D eigenvalue weighted by Crippen LogP contribution is -2.29. The van der Waals surface area contributed by atoms with Gasteiger partial charge in [0.05, 0.1) is 10.9 Å². The Labute approximate surface area is 159 Å². The quantitative estimate of drug-likeness (QED) is 0.759. The van der Waals surface area contributed by atoms with E-state index in [2.05, 4.69) is 0 Å². The molecule has 0 fully saturated rings. The summed E-state index contributed by atoms with van der Waals surface area (Å²) >= 11 is 0. The zero-order valence-electron chi connectivity index (χ0n) is 15.6. The molecule has 0 bridgehead atoms. The molecule has 0 saturated carbocycles.